The van der Waals surface area contributed by atoms with E-state index in [0.29, 0.717) is 5.56 Å². The first-order valence-electron chi connectivity index (χ1n) is 3.89. The van der Waals surface area contributed by atoms with Gasteiger partial charge in [-0.25, -0.2) is 0 Å². The average Bonchev–Trinajstić information content (AvgIpc) is 2.08. The maximum atomic E-state index is 10.3. The summed E-state index contributed by atoms with van der Waals surface area (Å²) in [7, 11) is 0. The third kappa shape index (κ3) is 2.89. The van der Waals surface area contributed by atoms with Crippen molar-refractivity contribution in [2.45, 2.75) is 12.8 Å². The van der Waals surface area contributed by atoms with Crippen molar-refractivity contribution >= 4 is 33.5 Å². The molecule has 14 heavy (non-hydrogen) atoms. The zero-order valence-electron chi connectivity index (χ0n) is 7.13. The van der Waals surface area contributed by atoms with Gasteiger partial charge in [0.1, 0.15) is 5.75 Å². The maximum Gasteiger partial charge on any atom is 0.303 e. The van der Waals surface area contributed by atoms with Crippen LogP contribution in [0.25, 0.3) is 0 Å². The molecule has 0 fully saturated rings. The molecule has 76 valence electrons. The summed E-state index contributed by atoms with van der Waals surface area (Å²) in [6, 6.07) is 3.21. The molecule has 1 rings (SSSR count). The van der Waals surface area contributed by atoms with Crippen LogP contribution in [-0.2, 0) is 11.2 Å². The lowest BCUT2D eigenvalue weighted by Crippen LogP contribution is -1.97. The van der Waals surface area contributed by atoms with Crippen molar-refractivity contribution in [3.05, 3.63) is 27.2 Å². The van der Waals surface area contributed by atoms with Crippen molar-refractivity contribution in [2.24, 2.45) is 0 Å². The summed E-state index contributed by atoms with van der Waals surface area (Å²) in [5.74, 6) is -0.948. The fourth-order valence-electron chi connectivity index (χ4n) is 1.05. The molecule has 1 aromatic rings. The summed E-state index contributed by atoms with van der Waals surface area (Å²) >= 11 is 8.92. The van der Waals surface area contributed by atoms with Gasteiger partial charge in [-0.1, -0.05) is 27.5 Å². The number of carboxylic acid groups (broad SMARTS) is 1. The molecule has 0 aliphatic heterocycles. The van der Waals surface area contributed by atoms with E-state index in [1.165, 1.54) is 0 Å². The van der Waals surface area contributed by atoms with Crippen LogP contribution in [0.5, 0.6) is 5.75 Å². The molecule has 0 atom stereocenters. The monoisotopic (exact) mass is 278 g/mol. The Bertz CT molecular complexity index is 365. The van der Waals surface area contributed by atoms with Gasteiger partial charge in [0.2, 0.25) is 0 Å². The van der Waals surface area contributed by atoms with E-state index >= 15 is 0 Å². The smallest absolute Gasteiger partial charge is 0.303 e. The van der Waals surface area contributed by atoms with Gasteiger partial charge >= 0.3 is 5.97 Å². The summed E-state index contributed by atoms with van der Waals surface area (Å²) in [6.07, 6.45) is 0.237. The van der Waals surface area contributed by atoms with E-state index in [2.05, 4.69) is 15.9 Å². The number of rotatable bonds is 3. The van der Waals surface area contributed by atoms with Crippen molar-refractivity contribution in [2.75, 3.05) is 0 Å². The molecule has 0 radical (unpaired) electrons. The van der Waals surface area contributed by atoms with E-state index < -0.39 is 5.97 Å². The summed E-state index contributed by atoms with van der Waals surface area (Å²) in [6.45, 7) is 0. The molecule has 5 heteroatoms. The molecule has 0 saturated heterocycles. The molecular weight excluding hydrogens is 271 g/mol. The minimum absolute atomic E-state index is 0.0274. The quantitative estimate of drug-likeness (QED) is 0.894. The van der Waals surface area contributed by atoms with Gasteiger partial charge in [-0.3, -0.25) is 4.79 Å². The number of aromatic hydroxyl groups is 1. The van der Waals surface area contributed by atoms with E-state index in [9.17, 15) is 9.90 Å². The third-order valence-electron chi connectivity index (χ3n) is 1.72. The van der Waals surface area contributed by atoms with E-state index in [0.717, 1.165) is 4.47 Å². The second kappa shape index (κ2) is 4.66. The van der Waals surface area contributed by atoms with Crippen LogP contribution in [0.15, 0.2) is 16.6 Å². The number of phenolic OH excluding ortho intramolecular Hbond substituents is 1. The first kappa shape index (κ1) is 11.3. The van der Waals surface area contributed by atoms with Gasteiger partial charge in [0.15, 0.2) is 0 Å². The Balaban J connectivity index is 2.90. The summed E-state index contributed by atoms with van der Waals surface area (Å²) in [5, 5.41) is 18.2. The second-order valence-electron chi connectivity index (χ2n) is 2.79. The normalized spacial score (nSPS) is 10.1. The molecule has 2 N–H and O–H groups in total. The average molecular weight is 280 g/mol. The largest absolute Gasteiger partial charge is 0.506 e. The summed E-state index contributed by atoms with van der Waals surface area (Å²) < 4.78 is 0.723. The third-order valence-corrected chi connectivity index (χ3v) is 2.46. The lowest BCUT2D eigenvalue weighted by molar-refractivity contribution is -0.136. The Morgan fingerprint density at radius 3 is 2.71 bits per heavy atom. The molecule has 0 aliphatic rings. The van der Waals surface area contributed by atoms with Crippen molar-refractivity contribution in [1.82, 2.24) is 0 Å². The van der Waals surface area contributed by atoms with Gasteiger partial charge in [-0.2, -0.15) is 0 Å². The Kier molecular flexibility index (Phi) is 3.77. The fraction of sp³-hybridized carbons (Fsp3) is 0.222. The van der Waals surface area contributed by atoms with Crippen LogP contribution < -0.4 is 0 Å². The Morgan fingerprint density at radius 1 is 1.50 bits per heavy atom. The standard InChI is InChI=1S/C9H8BrClO3/c10-6-3-5(1-2-8(12)13)9(14)7(11)4-6/h3-4,14H,1-2H2,(H,12,13). The van der Waals surface area contributed by atoms with Crippen molar-refractivity contribution in [1.29, 1.82) is 0 Å². The number of hydrogen-bond acceptors (Lipinski definition) is 2. The van der Waals surface area contributed by atoms with Crippen LogP contribution in [-0.4, -0.2) is 16.2 Å². The van der Waals surface area contributed by atoms with Crippen LogP contribution in [0.4, 0.5) is 0 Å². The fourth-order valence-corrected chi connectivity index (χ4v) is 1.93. The molecule has 0 aromatic heterocycles. The Hall–Kier alpha value is -0.740. The highest BCUT2D eigenvalue weighted by Gasteiger charge is 2.08. The number of carbonyl (C=O) groups is 1. The Morgan fingerprint density at radius 2 is 2.14 bits per heavy atom. The van der Waals surface area contributed by atoms with Crippen LogP contribution in [0.3, 0.4) is 0 Å². The van der Waals surface area contributed by atoms with E-state index in [4.69, 9.17) is 16.7 Å². The molecule has 0 aliphatic carbocycles. The van der Waals surface area contributed by atoms with Gasteiger partial charge < -0.3 is 10.2 Å². The molecule has 3 nitrogen and oxygen atoms in total. The minimum atomic E-state index is -0.902. The lowest BCUT2D eigenvalue weighted by Gasteiger charge is -2.05. The highest BCUT2D eigenvalue weighted by Crippen LogP contribution is 2.31. The van der Waals surface area contributed by atoms with Crippen molar-refractivity contribution in [3.63, 3.8) is 0 Å². The number of aryl methyl sites for hydroxylation is 1. The highest BCUT2D eigenvalue weighted by molar-refractivity contribution is 9.10. The number of aliphatic carboxylic acids is 1. The molecule has 0 spiro atoms. The number of carboxylic acids is 1. The number of hydrogen-bond donors (Lipinski definition) is 2. The number of phenols is 1. The van der Waals surface area contributed by atoms with Gasteiger partial charge in [-0.15, -0.1) is 0 Å². The summed E-state index contributed by atoms with van der Waals surface area (Å²) in [5.41, 5.74) is 0.534. The molecule has 0 bridgehead atoms. The SMILES string of the molecule is O=C(O)CCc1cc(Br)cc(Cl)c1O. The second-order valence-corrected chi connectivity index (χ2v) is 4.11. The van der Waals surface area contributed by atoms with Crippen molar-refractivity contribution in [3.8, 4) is 5.75 Å². The lowest BCUT2D eigenvalue weighted by atomic mass is 10.1. The van der Waals surface area contributed by atoms with Gasteiger partial charge in [0.25, 0.3) is 0 Å². The van der Waals surface area contributed by atoms with E-state index in [1.807, 2.05) is 0 Å². The predicted octanol–water partition coefficient (Wildman–Crippen LogP) is 2.83. The van der Waals surface area contributed by atoms with Crippen LogP contribution in [0.1, 0.15) is 12.0 Å². The van der Waals surface area contributed by atoms with Crippen LogP contribution in [0.2, 0.25) is 5.02 Å². The van der Waals surface area contributed by atoms with Gasteiger partial charge in [0.05, 0.1) is 5.02 Å². The molecule has 1 aromatic carbocycles. The number of halogens is 2. The van der Waals surface area contributed by atoms with Gasteiger partial charge in [-0.05, 0) is 24.1 Å². The maximum absolute atomic E-state index is 10.3. The predicted molar refractivity (Wildman–Crippen MR) is 56.8 cm³/mol. The zero-order valence-corrected chi connectivity index (χ0v) is 9.47. The molecular formula is C9H8BrClO3. The van der Waals surface area contributed by atoms with Crippen LogP contribution >= 0.6 is 27.5 Å². The molecule has 0 amide bonds. The highest BCUT2D eigenvalue weighted by atomic mass is 79.9. The first-order valence-corrected chi connectivity index (χ1v) is 5.06. The topological polar surface area (TPSA) is 57.5 Å². The first-order chi connectivity index (χ1) is 6.50. The molecule has 0 heterocycles. The van der Waals surface area contributed by atoms with Gasteiger partial charge in [0, 0.05) is 10.9 Å². The summed E-state index contributed by atoms with van der Waals surface area (Å²) in [4.78, 5) is 10.3. The van der Waals surface area contributed by atoms with E-state index in [1.54, 1.807) is 12.1 Å². The minimum Gasteiger partial charge on any atom is -0.506 e. The zero-order chi connectivity index (χ0) is 10.7. The van der Waals surface area contributed by atoms with E-state index in [-0.39, 0.29) is 23.6 Å². The molecule has 0 saturated carbocycles. The Labute approximate surface area is 94.4 Å². The van der Waals surface area contributed by atoms with Crippen molar-refractivity contribution < 1.29 is 15.0 Å². The van der Waals surface area contributed by atoms with Crippen LogP contribution in [0, 0.1) is 0 Å². The number of benzene rings is 1. The molecule has 0 unspecified atom stereocenters.